The van der Waals surface area contributed by atoms with E-state index in [0.29, 0.717) is 5.88 Å². The Morgan fingerprint density at radius 2 is 2.38 bits per heavy atom. The fraction of sp³-hybridized carbons (Fsp3) is 0.250. The van der Waals surface area contributed by atoms with Crippen molar-refractivity contribution in [2.75, 3.05) is 0 Å². The van der Waals surface area contributed by atoms with Crippen molar-refractivity contribution in [1.82, 2.24) is 4.98 Å². The van der Waals surface area contributed by atoms with E-state index in [2.05, 4.69) is 20.9 Å². The van der Waals surface area contributed by atoms with Gasteiger partial charge in [0.05, 0.1) is 0 Å². The average Bonchev–Trinajstić information content (AvgIpc) is 2.08. The van der Waals surface area contributed by atoms with Crippen LogP contribution in [0.4, 0.5) is 0 Å². The molecule has 0 aliphatic carbocycles. The Bertz CT molecular complexity index is 299. The zero-order valence-electron chi connectivity index (χ0n) is 6.90. The molecular formula is C8H8BrNO3. The number of hydrogen-bond donors (Lipinski definition) is 1. The van der Waals surface area contributed by atoms with Gasteiger partial charge in [-0.2, -0.15) is 0 Å². The Kier molecular flexibility index (Phi) is 3.25. The van der Waals surface area contributed by atoms with Crippen molar-refractivity contribution < 1.29 is 14.6 Å². The minimum absolute atomic E-state index is 0.304. The van der Waals surface area contributed by atoms with E-state index in [4.69, 9.17) is 9.84 Å². The molecule has 5 heteroatoms. The third kappa shape index (κ3) is 3.02. The Hall–Kier alpha value is -1.10. The maximum Gasteiger partial charge on any atom is 0.344 e. The molecule has 1 aromatic rings. The molecule has 1 N–H and O–H groups in total. The maximum absolute atomic E-state index is 10.4. The molecule has 0 fully saturated rings. The van der Waals surface area contributed by atoms with E-state index >= 15 is 0 Å². The van der Waals surface area contributed by atoms with Crippen molar-refractivity contribution in [1.29, 1.82) is 0 Å². The topological polar surface area (TPSA) is 59.4 Å². The summed E-state index contributed by atoms with van der Waals surface area (Å²) in [7, 11) is 0. The van der Waals surface area contributed by atoms with Crippen LogP contribution in [0.2, 0.25) is 0 Å². The van der Waals surface area contributed by atoms with Crippen LogP contribution in [0.25, 0.3) is 0 Å². The van der Waals surface area contributed by atoms with Gasteiger partial charge in [-0.15, -0.1) is 0 Å². The van der Waals surface area contributed by atoms with Crippen molar-refractivity contribution in [2.24, 2.45) is 0 Å². The lowest BCUT2D eigenvalue weighted by Crippen LogP contribution is -2.23. The highest BCUT2D eigenvalue weighted by Crippen LogP contribution is 2.13. The monoisotopic (exact) mass is 245 g/mol. The van der Waals surface area contributed by atoms with Crippen molar-refractivity contribution in [3.05, 3.63) is 22.8 Å². The van der Waals surface area contributed by atoms with Gasteiger partial charge in [-0.05, 0) is 28.9 Å². The van der Waals surface area contributed by atoms with E-state index < -0.39 is 12.1 Å². The van der Waals surface area contributed by atoms with Gasteiger partial charge < -0.3 is 9.84 Å². The van der Waals surface area contributed by atoms with Crippen molar-refractivity contribution in [3.8, 4) is 5.88 Å². The summed E-state index contributed by atoms with van der Waals surface area (Å²) in [5.74, 6) is -0.706. The summed E-state index contributed by atoms with van der Waals surface area (Å²) in [6.07, 6.45) is 0.665. The van der Waals surface area contributed by atoms with Gasteiger partial charge in [-0.1, -0.05) is 0 Å². The largest absolute Gasteiger partial charge is 0.479 e. The smallest absolute Gasteiger partial charge is 0.344 e. The molecule has 0 aliphatic rings. The number of hydrogen-bond acceptors (Lipinski definition) is 3. The number of nitrogens with zero attached hydrogens (tertiary/aromatic N) is 1. The maximum atomic E-state index is 10.4. The highest BCUT2D eigenvalue weighted by atomic mass is 79.9. The molecule has 0 aliphatic heterocycles. The first kappa shape index (κ1) is 9.98. The highest BCUT2D eigenvalue weighted by Gasteiger charge is 2.12. The van der Waals surface area contributed by atoms with Crippen LogP contribution in [-0.4, -0.2) is 22.2 Å². The first-order valence-electron chi connectivity index (χ1n) is 3.60. The quantitative estimate of drug-likeness (QED) is 0.881. The summed E-state index contributed by atoms with van der Waals surface area (Å²) in [4.78, 5) is 14.3. The summed E-state index contributed by atoms with van der Waals surface area (Å²) in [6.45, 7) is 1.45. The predicted molar refractivity (Wildman–Crippen MR) is 49.7 cm³/mol. The van der Waals surface area contributed by atoms with E-state index in [9.17, 15) is 4.79 Å². The number of aromatic nitrogens is 1. The van der Waals surface area contributed by atoms with Crippen LogP contribution in [0.1, 0.15) is 6.92 Å². The van der Waals surface area contributed by atoms with Crippen molar-refractivity contribution in [2.45, 2.75) is 13.0 Å². The van der Waals surface area contributed by atoms with E-state index in [1.54, 1.807) is 18.3 Å². The fourth-order valence-electron chi connectivity index (χ4n) is 0.663. The Morgan fingerprint density at radius 1 is 1.69 bits per heavy atom. The van der Waals surface area contributed by atoms with E-state index in [1.807, 2.05) is 0 Å². The van der Waals surface area contributed by atoms with Crippen LogP contribution in [-0.2, 0) is 4.79 Å². The van der Waals surface area contributed by atoms with E-state index in [-0.39, 0.29) is 0 Å². The molecule has 1 atom stereocenters. The Morgan fingerprint density at radius 3 is 2.85 bits per heavy atom. The molecule has 0 amide bonds. The van der Waals surface area contributed by atoms with E-state index in [0.717, 1.165) is 4.47 Å². The predicted octanol–water partition coefficient (Wildman–Crippen LogP) is 1.70. The lowest BCUT2D eigenvalue weighted by molar-refractivity contribution is -0.144. The lowest BCUT2D eigenvalue weighted by atomic mass is 10.4. The molecular weight excluding hydrogens is 238 g/mol. The third-order valence-electron chi connectivity index (χ3n) is 1.35. The Balaban J connectivity index is 2.64. The van der Waals surface area contributed by atoms with Crippen molar-refractivity contribution >= 4 is 21.9 Å². The zero-order valence-corrected chi connectivity index (χ0v) is 8.48. The van der Waals surface area contributed by atoms with Gasteiger partial charge in [0.25, 0.3) is 0 Å². The SMILES string of the molecule is C[C@H](Oc1ccc(Br)cn1)C(=O)O. The normalized spacial score (nSPS) is 12.2. The Labute approximate surface area is 83.7 Å². The molecule has 70 valence electrons. The van der Waals surface area contributed by atoms with Crippen LogP contribution >= 0.6 is 15.9 Å². The summed E-state index contributed by atoms with van der Waals surface area (Å²) < 4.78 is 5.82. The van der Waals surface area contributed by atoms with Gasteiger partial charge in [0.1, 0.15) is 0 Å². The van der Waals surface area contributed by atoms with Crippen LogP contribution in [0.5, 0.6) is 5.88 Å². The molecule has 4 nitrogen and oxygen atoms in total. The van der Waals surface area contributed by atoms with Crippen LogP contribution < -0.4 is 4.74 Å². The molecule has 0 unspecified atom stereocenters. The molecule has 0 aromatic carbocycles. The van der Waals surface area contributed by atoms with Gasteiger partial charge >= 0.3 is 5.97 Å². The summed E-state index contributed by atoms with van der Waals surface area (Å²) in [5.41, 5.74) is 0. The first-order chi connectivity index (χ1) is 6.09. The van der Waals surface area contributed by atoms with Gasteiger partial charge in [-0.3, -0.25) is 0 Å². The number of rotatable bonds is 3. The number of ether oxygens (including phenoxy) is 1. The van der Waals surface area contributed by atoms with Crippen molar-refractivity contribution in [3.63, 3.8) is 0 Å². The van der Waals surface area contributed by atoms with E-state index in [1.165, 1.54) is 6.92 Å². The number of aliphatic carboxylic acids is 1. The molecule has 0 radical (unpaired) electrons. The third-order valence-corrected chi connectivity index (χ3v) is 1.81. The second kappa shape index (κ2) is 4.23. The van der Waals surface area contributed by atoms with Gasteiger partial charge in [0, 0.05) is 16.7 Å². The summed E-state index contributed by atoms with van der Waals surface area (Å²) in [6, 6.07) is 3.33. The second-order valence-corrected chi connectivity index (χ2v) is 3.33. The number of pyridine rings is 1. The molecule has 1 heterocycles. The molecule has 0 saturated carbocycles. The fourth-order valence-corrected chi connectivity index (χ4v) is 0.898. The number of carbonyl (C=O) groups is 1. The van der Waals surface area contributed by atoms with Gasteiger partial charge in [-0.25, -0.2) is 9.78 Å². The molecule has 0 spiro atoms. The summed E-state index contributed by atoms with van der Waals surface area (Å²) in [5, 5.41) is 8.54. The minimum atomic E-state index is -1.01. The van der Waals surface area contributed by atoms with Crippen LogP contribution in [0, 0.1) is 0 Å². The molecule has 13 heavy (non-hydrogen) atoms. The van der Waals surface area contributed by atoms with Gasteiger partial charge in [0.2, 0.25) is 5.88 Å². The van der Waals surface area contributed by atoms with Crippen LogP contribution in [0.15, 0.2) is 22.8 Å². The zero-order chi connectivity index (χ0) is 9.84. The van der Waals surface area contributed by atoms with Crippen LogP contribution in [0.3, 0.4) is 0 Å². The molecule has 1 rings (SSSR count). The number of halogens is 1. The molecule has 1 aromatic heterocycles. The highest BCUT2D eigenvalue weighted by molar-refractivity contribution is 9.10. The minimum Gasteiger partial charge on any atom is -0.479 e. The molecule has 0 saturated heterocycles. The summed E-state index contributed by atoms with van der Waals surface area (Å²) >= 11 is 3.21. The van der Waals surface area contributed by atoms with Gasteiger partial charge in [0.15, 0.2) is 6.10 Å². The number of carboxylic acids is 1. The average molecular weight is 246 g/mol. The first-order valence-corrected chi connectivity index (χ1v) is 4.40. The molecule has 0 bridgehead atoms. The number of carboxylic acid groups (broad SMARTS) is 1. The standard InChI is InChI=1S/C8H8BrNO3/c1-5(8(11)12)13-7-3-2-6(9)4-10-7/h2-5H,1H3,(H,11,12)/t5-/m0/s1. The lowest BCUT2D eigenvalue weighted by Gasteiger charge is -2.08. The second-order valence-electron chi connectivity index (χ2n) is 2.41.